The maximum atomic E-state index is 12.4. The van der Waals surface area contributed by atoms with Gasteiger partial charge in [-0.2, -0.15) is 0 Å². The van der Waals surface area contributed by atoms with Crippen molar-refractivity contribution in [2.24, 2.45) is 0 Å². The number of benzene rings is 2. The van der Waals surface area contributed by atoms with Crippen LogP contribution in [0.5, 0.6) is 5.75 Å². The van der Waals surface area contributed by atoms with Crippen LogP contribution in [0.1, 0.15) is 40.9 Å². The first-order chi connectivity index (χ1) is 12.1. The van der Waals surface area contributed by atoms with E-state index >= 15 is 0 Å². The minimum absolute atomic E-state index is 0.408. The van der Waals surface area contributed by atoms with Crippen molar-refractivity contribution >= 4 is 11.9 Å². The lowest BCUT2D eigenvalue weighted by molar-refractivity contribution is -0.154. The number of carbonyl (C=O) groups excluding carboxylic acids is 2. The van der Waals surface area contributed by atoms with E-state index in [9.17, 15) is 9.59 Å². The number of fused-ring (bicyclic) bond motifs is 1. The van der Waals surface area contributed by atoms with Crippen LogP contribution in [-0.4, -0.2) is 25.2 Å². The molecule has 0 N–H and O–H groups in total. The fourth-order valence-electron chi connectivity index (χ4n) is 3.07. The largest absolute Gasteiger partial charge is 0.497 e. The lowest BCUT2D eigenvalue weighted by Gasteiger charge is -2.32. The average molecular weight is 340 g/mol. The normalized spacial score (nSPS) is 18.8. The topological polar surface area (TPSA) is 61.8 Å². The highest BCUT2D eigenvalue weighted by molar-refractivity contribution is 5.89. The Bertz CT molecular complexity index is 769. The molecule has 0 fully saturated rings. The second kappa shape index (κ2) is 7.38. The Balaban J connectivity index is 1.85. The Morgan fingerprint density at radius 3 is 2.48 bits per heavy atom. The van der Waals surface area contributed by atoms with Gasteiger partial charge >= 0.3 is 11.9 Å². The number of esters is 2. The molecule has 0 bridgehead atoms. The maximum absolute atomic E-state index is 12.4. The highest BCUT2D eigenvalue weighted by Crippen LogP contribution is 2.37. The first-order valence-electron chi connectivity index (χ1n) is 8.18. The van der Waals surface area contributed by atoms with Gasteiger partial charge in [0, 0.05) is 6.92 Å². The Labute approximate surface area is 146 Å². The predicted molar refractivity (Wildman–Crippen MR) is 91.5 cm³/mol. The van der Waals surface area contributed by atoms with Gasteiger partial charge in [-0.25, -0.2) is 4.79 Å². The minimum atomic E-state index is -0.611. The predicted octanol–water partition coefficient (Wildman–Crippen LogP) is 3.47. The standard InChI is InChI=1S/C20H20O5/c1-13(21)24-19-17-10-9-16(23-2)12-15(17)8-11-18(19)25-20(22)14-6-4-3-5-7-14/h3-7,9-10,12,18-19H,8,11H2,1-2H3/t18-,19+/m0/s1. The second-order valence-corrected chi connectivity index (χ2v) is 5.94. The average Bonchev–Trinajstić information content (AvgIpc) is 2.63. The molecule has 0 unspecified atom stereocenters. The van der Waals surface area contributed by atoms with Gasteiger partial charge in [-0.05, 0) is 48.2 Å². The molecule has 3 rings (SSSR count). The number of hydrogen-bond acceptors (Lipinski definition) is 5. The SMILES string of the molecule is COc1ccc2c(c1)CC[C@H](OC(=O)c1ccccc1)[C@@H]2OC(C)=O. The van der Waals surface area contributed by atoms with E-state index in [1.807, 2.05) is 24.3 Å². The van der Waals surface area contributed by atoms with Crippen molar-refractivity contribution in [2.45, 2.75) is 32.0 Å². The molecule has 0 amide bonds. The van der Waals surface area contributed by atoms with E-state index in [1.54, 1.807) is 31.4 Å². The summed E-state index contributed by atoms with van der Waals surface area (Å²) in [4.78, 5) is 23.9. The third kappa shape index (κ3) is 3.82. The van der Waals surface area contributed by atoms with E-state index < -0.39 is 24.1 Å². The van der Waals surface area contributed by atoms with Crippen molar-refractivity contribution in [3.63, 3.8) is 0 Å². The molecule has 2 aromatic rings. The van der Waals surface area contributed by atoms with Crippen LogP contribution >= 0.6 is 0 Å². The molecule has 2 atom stereocenters. The molecule has 0 heterocycles. The highest BCUT2D eigenvalue weighted by atomic mass is 16.6. The number of ether oxygens (including phenoxy) is 3. The van der Waals surface area contributed by atoms with Gasteiger partial charge in [-0.15, -0.1) is 0 Å². The molecule has 1 aliphatic carbocycles. The summed E-state index contributed by atoms with van der Waals surface area (Å²) in [6.07, 6.45) is 0.172. The molecule has 2 aromatic carbocycles. The first kappa shape index (κ1) is 17.0. The van der Waals surface area contributed by atoms with Gasteiger partial charge in [-0.1, -0.05) is 24.3 Å². The van der Waals surface area contributed by atoms with Gasteiger partial charge in [-0.3, -0.25) is 4.79 Å². The van der Waals surface area contributed by atoms with E-state index in [-0.39, 0.29) is 0 Å². The Morgan fingerprint density at radius 1 is 1.04 bits per heavy atom. The second-order valence-electron chi connectivity index (χ2n) is 5.94. The number of rotatable bonds is 4. The molecule has 0 saturated heterocycles. The van der Waals surface area contributed by atoms with Gasteiger partial charge in [0.25, 0.3) is 0 Å². The zero-order valence-corrected chi connectivity index (χ0v) is 14.2. The summed E-state index contributed by atoms with van der Waals surface area (Å²) in [5, 5.41) is 0. The Kier molecular flexibility index (Phi) is 5.03. The van der Waals surface area contributed by atoms with Crippen LogP contribution in [0.4, 0.5) is 0 Å². The number of carbonyl (C=O) groups is 2. The molecule has 0 aliphatic heterocycles. The lowest BCUT2D eigenvalue weighted by Crippen LogP contribution is -2.33. The molecule has 25 heavy (non-hydrogen) atoms. The van der Waals surface area contributed by atoms with Gasteiger partial charge in [0.15, 0.2) is 6.10 Å². The van der Waals surface area contributed by atoms with Crippen molar-refractivity contribution in [1.29, 1.82) is 0 Å². The van der Waals surface area contributed by atoms with Crippen molar-refractivity contribution in [3.8, 4) is 5.75 Å². The van der Waals surface area contributed by atoms with Crippen LogP contribution in [0.2, 0.25) is 0 Å². The van der Waals surface area contributed by atoms with Gasteiger partial charge < -0.3 is 14.2 Å². The van der Waals surface area contributed by atoms with Crippen molar-refractivity contribution in [3.05, 3.63) is 65.2 Å². The monoisotopic (exact) mass is 340 g/mol. The molecule has 0 radical (unpaired) electrons. The molecule has 1 aliphatic rings. The molecule has 0 spiro atoms. The van der Waals surface area contributed by atoms with Gasteiger partial charge in [0.1, 0.15) is 11.9 Å². The third-order valence-electron chi connectivity index (χ3n) is 4.25. The van der Waals surface area contributed by atoms with Gasteiger partial charge in [0.2, 0.25) is 0 Å². The Morgan fingerprint density at radius 2 is 1.80 bits per heavy atom. The maximum Gasteiger partial charge on any atom is 0.338 e. The van der Waals surface area contributed by atoms with Crippen molar-refractivity contribution < 1.29 is 23.8 Å². The number of hydrogen-bond donors (Lipinski definition) is 0. The zero-order valence-electron chi connectivity index (χ0n) is 14.2. The van der Waals surface area contributed by atoms with Crippen LogP contribution in [0.3, 0.4) is 0 Å². The summed E-state index contributed by atoms with van der Waals surface area (Å²) in [5.41, 5.74) is 2.37. The summed E-state index contributed by atoms with van der Waals surface area (Å²) in [6.45, 7) is 1.36. The fourth-order valence-corrected chi connectivity index (χ4v) is 3.07. The van der Waals surface area contributed by atoms with E-state index in [4.69, 9.17) is 14.2 Å². The number of methoxy groups -OCH3 is 1. The van der Waals surface area contributed by atoms with E-state index in [1.165, 1.54) is 6.92 Å². The summed E-state index contributed by atoms with van der Waals surface area (Å²) >= 11 is 0. The quantitative estimate of drug-likeness (QED) is 0.798. The van der Waals surface area contributed by atoms with Crippen LogP contribution in [0, 0.1) is 0 Å². The molecule has 130 valence electrons. The van der Waals surface area contributed by atoms with E-state index in [2.05, 4.69) is 0 Å². The fraction of sp³-hybridized carbons (Fsp3) is 0.300. The highest BCUT2D eigenvalue weighted by Gasteiger charge is 2.35. The molecular weight excluding hydrogens is 320 g/mol. The van der Waals surface area contributed by atoms with E-state index in [0.29, 0.717) is 12.0 Å². The van der Waals surface area contributed by atoms with Crippen LogP contribution in [0.15, 0.2) is 48.5 Å². The summed E-state index contributed by atoms with van der Waals surface area (Å²) in [6, 6.07) is 14.4. The number of aryl methyl sites for hydroxylation is 1. The van der Waals surface area contributed by atoms with Crippen molar-refractivity contribution in [2.75, 3.05) is 7.11 Å². The van der Waals surface area contributed by atoms with Crippen molar-refractivity contribution in [1.82, 2.24) is 0 Å². The smallest absolute Gasteiger partial charge is 0.338 e. The first-order valence-corrected chi connectivity index (χ1v) is 8.18. The lowest BCUT2D eigenvalue weighted by atomic mass is 9.87. The Hall–Kier alpha value is -2.82. The molecule has 5 nitrogen and oxygen atoms in total. The molecule has 0 aromatic heterocycles. The van der Waals surface area contributed by atoms with Crippen LogP contribution in [-0.2, 0) is 20.7 Å². The molecular formula is C20H20O5. The molecule has 0 saturated carbocycles. The summed E-state index contributed by atoms with van der Waals surface area (Å²) < 4.78 is 16.4. The summed E-state index contributed by atoms with van der Waals surface area (Å²) in [7, 11) is 1.61. The zero-order chi connectivity index (χ0) is 17.8. The van der Waals surface area contributed by atoms with Crippen LogP contribution < -0.4 is 4.74 Å². The van der Waals surface area contributed by atoms with E-state index in [0.717, 1.165) is 23.3 Å². The summed E-state index contributed by atoms with van der Waals surface area (Å²) in [5.74, 6) is -0.0748. The van der Waals surface area contributed by atoms with Crippen LogP contribution in [0.25, 0.3) is 0 Å². The third-order valence-corrected chi connectivity index (χ3v) is 4.25. The van der Waals surface area contributed by atoms with Gasteiger partial charge in [0.05, 0.1) is 12.7 Å². The minimum Gasteiger partial charge on any atom is -0.497 e. The molecule has 5 heteroatoms.